The number of urea groups is 1. The number of carbonyl (C=O) groups is 2. The third-order valence-corrected chi connectivity index (χ3v) is 4.71. The summed E-state index contributed by atoms with van der Waals surface area (Å²) in [6.45, 7) is 1.15. The highest BCUT2D eigenvalue weighted by Crippen LogP contribution is 2.33. The number of hydrogen-bond donors (Lipinski definition) is 4. The molecule has 1 aromatic heterocycles. The number of hydrogen-bond acceptors (Lipinski definition) is 5. The predicted octanol–water partition coefficient (Wildman–Crippen LogP) is 5.42. The number of amides is 3. The SMILES string of the molecule is Cc1c(F)c(F)c(F)c(Cl)c1NC(=O)Nc1ccc(Oc2ccnc(/C=C/C(=O)NO)c2)cc1. The number of benzene rings is 2. The van der Waals surface area contributed by atoms with Crippen molar-refractivity contribution in [1.29, 1.82) is 0 Å². The molecule has 0 saturated carbocycles. The summed E-state index contributed by atoms with van der Waals surface area (Å²) in [5, 5.41) is 12.4. The Kier molecular flexibility index (Phi) is 7.71. The first-order valence-electron chi connectivity index (χ1n) is 9.46. The second-order valence-corrected chi connectivity index (χ2v) is 7.07. The summed E-state index contributed by atoms with van der Waals surface area (Å²) in [6.07, 6.45) is 3.91. The van der Waals surface area contributed by atoms with Crippen LogP contribution in [-0.4, -0.2) is 22.1 Å². The van der Waals surface area contributed by atoms with E-state index in [0.29, 0.717) is 22.9 Å². The maximum Gasteiger partial charge on any atom is 0.323 e. The molecule has 0 unspecified atom stereocenters. The highest BCUT2D eigenvalue weighted by molar-refractivity contribution is 6.34. The smallest absolute Gasteiger partial charge is 0.323 e. The van der Waals surface area contributed by atoms with Crippen LogP contribution < -0.4 is 20.9 Å². The molecule has 0 bridgehead atoms. The van der Waals surface area contributed by atoms with Crippen molar-refractivity contribution in [2.24, 2.45) is 0 Å². The monoisotopic (exact) mass is 492 g/mol. The van der Waals surface area contributed by atoms with Gasteiger partial charge in [0, 0.05) is 29.6 Å². The number of anilines is 2. The Morgan fingerprint density at radius 1 is 1.03 bits per heavy atom. The number of ether oxygens (including phenoxy) is 1. The number of pyridine rings is 1. The summed E-state index contributed by atoms with van der Waals surface area (Å²) in [4.78, 5) is 27.3. The van der Waals surface area contributed by atoms with Gasteiger partial charge in [-0.25, -0.2) is 23.4 Å². The van der Waals surface area contributed by atoms with Crippen molar-refractivity contribution in [2.45, 2.75) is 6.92 Å². The number of nitrogens with one attached hydrogen (secondary N) is 3. The fourth-order valence-corrected chi connectivity index (χ4v) is 2.96. The third-order valence-electron chi connectivity index (χ3n) is 4.36. The average Bonchev–Trinajstić information content (AvgIpc) is 2.84. The molecule has 0 aliphatic heterocycles. The molecule has 34 heavy (non-hydrogen) atoms. The average molecular weight is 493 g/mol. The quantitative estimate of drug-likeness (QED) is 0.121. The van der Waals surface area contributed by atoms with E-state index in [0.717, 1.165) is 13.0 Å². The number of nitrogens with zero attached hydrogens (tertiary/aromatic N) is 1. The highest BCUT2D eigenvalue weighted by Gasteiger charge is 2.22. The van der Waals surface area contributed by atoms with Crippen molar-refractivity contribution in [2.75, 3.05) is 10.6 Å². The molecular weight excluding hydrogens is 477 g/mol. The van der Waals surface area contributed by atoms with Crippen molar-refractivity contribution in [3.05, 3.63) is 82.4 Å². The maximum atomic E-state index is 13.8. The minimum atomic E-state index is -1.72. The fraction of sp³-hybridized carbons (Fsp3) is 0.0455. The third kappa shape index (κ3) is 5.82. The lowest BCUT2D eigenvalue weighted by Gasteiger charge is -2.14. The van der Waals surface area contributed by atoms with E-state index in [2.05, 4.69) is 15.6 Å². The van der Waals surface area contributed by atoms with E-state index in [1.165, 1.54) is 29.9 Å². The summed E-state index contributed by atoms with van der Waals surface area (Å²) in [6, 6.07) is 8.36. The molecule has 12 heteroatoms. The van der Waals surface area contributed by atoms with Crippen LogP contribution in [0.1, 0.15) is 11.3 Å². The van der Waals surface area contributed by atoms with Crippen molar-refractivity contribution >= 4 is 41.0 Å². The minimum absolute atomic E-state index is 0.315. The van der Waals surface area contributed by atoms with Gasteiger partial charge in [0.25, 0.3) is 5.91 Å². The van der Waals surface area contributed by atoms with Gasteiger partial charge in [-0.2, -0.15) is 0 Å². The lowest BCUT2D eigenvalue weighted by molar-refractivity contribution is -0.124. The van der Waals surface area contributed by atoms with Gasteiger partial charge in [-0.3, -0.25) is 15.0 Å². The van der Waals surface area contributed by atoms with Gasteiger partial charge < -0.3 is 15.4 Å². The van der Waals surface area contributed by atoms with Gasteiger partial charge in [0.15, 0.2) is 17.5 Å². The molecule has 0 spiro atoms. The van der Waals surface area contributed by atoms with Crippen LogP contribution in [0.3, 0.4) is 0 Å². The van der Waals surface area contributed by atoms with Crippen LogP contribution in [0.2, 0.25) is 5.02 Å². The summed E-state index contributed by atoms with van der Waals surface area (Å²) in [5.74, 6) is -4.69. The van der Waals surface area contributed by atoms with Gasteiger partial charge in [-0.15, -0.1) is 0 Å². The van der Waals surface area contributed by atoms with Crippen LogP contribution in [0.25, 0.3) is 6.08 Å². The standard InChI is InChI=1S/C22H16ClF3N4O4/c1-11-18(24)20(26)19(25)17(23)21(11)29-22(32)28-12-2-5-14(6-3-12)34-15-8-9-27-13(10-15)4-7-16(31)30-33/h2-10,33H,1H3,(H,30,31)(H2,28,29,32)/b7-4+. The molecule has 1 heterocycles. The van der Waals surface area contributed by atoms with Crippen molar-refractivity contribution < 1.29 is 32.7 Å². The van der Waals surface area contributed by atoms with Gasteiger partial charge in [-0.05, 0) is 43.3 Å². The first-order valence-corrected chi connectivity index (χ1v) is 9.84. The van der Waals surface area contributed by atoms with E-state index < -0.39 is 40.1 Å². The van der Waals surface area contributed by atoms with Crippen LogP contribution >= 0.6 is 11.6 Å². The predicted molar refractivity (Wildman–Crippen MR) is 118 cm³/mol. The number of hydroxylamine groups is 1. The van der Waals surface area contributed by atoms with Crippen molar-refractivity contribution in [3.63, 3.8) is 0 Å². The minimum Gasteiger partial charge on any atom is -0.457 e. The number of aromatic nitrogens is 1. The molecule has 0 saturated heterocycles. The zero-order valence-electron chi connectivity index (χ0n) is 17.3. The van der Waals surface area contributed by atoms with Crippen molar-refractivity contribution in [1.82, 2.24) is 10.5 Å². The van der Waals surface area contributed by atoms with Crippen molar-refractivity contribution in [3.8, 4) is 11.5 Å². The fourth-order valence-electron chi connectivity index (χ4n) is 2.69. The number of carbonyl (C=O) groups excluding carboxylic acids is 2. The molecule has 0 fully saturated rings. The van der Waals surface area contributed by atoms with Gasteiger partial charge in [0.1, 0.15) is 16.5 Å². The molecule has 3 rings (SSSR count). The highest BCUT2D eigenvalue weighted by atomic mass is 35.5. The molecule has 4 N–H and O–H groups in total. The molecule has 3 amide bonds. The zero-order valence-corrected chi connectivity index (χ0v) is 18.1. The Bertz CT molecular complexity index is 1240. The topological polar surface area (TPSA) is 113 Å². The van der Waals surface area contributed by atoms with E-state index in [4.69, 9.17) is 21.5 Å². The summed E-state index contributed by atoms with van der Waals surface area (Å²) in [5.41, 5.74) is 1.43. The maximum absolute atomic E-state index is 13.8. The first kappa shape index (κ1) is 24.6. The second-order valence-electron chi connectivity index (χ2n) is 6.69. The normalized spacial score (nSPS) is 10.8. The van der Waals surface area contributed by atoms with E-state index in [-0.39, 0.29) is 5.56 Å². The van der Waals surface area contributed by atoms with E-state index >= 15 is 0 Å². The van der Waals surface area contributed by atoms with Gasteiger partial charge in [0.2, 0.25) is 0 Å². The number of halogens is 4. The largest absolute Gasteiger partial charge is 0.457 e. The van der Waals surface area contributed by atoms with E-state index in [9.17, 15) is 22.8 Å². The van der Waals surface area contributed by atoms with Crippen LogP contribution in [0, 0.1) is 24.4 Å². The summed E-state index contributed by atoms with van der Waals surface area (Å²) < 4.78 is 46.5. The molecule has 0 aliphatic rings. The van der Waals surface area contributed by atoms with Crippen LogP contribution in [-0.2, 0) is 4.79 Å². The van der Waals surface area contributed by atoms with Gasteiger partial charge >= 0.3 is 6.03 Å². The lowest BCUT2D eigenvalue weighted by atomic mass is 10.1. The first-order chi connectivity index (χ1) is 16.2. The molecule has 8 nitrogen and oxygen atoms in total. The second kappa shape index (κ2) is 10.7. The Morgan fingerprint density at radius 2 is 1.74 bits per heavy atom. The van der Waals surface area contributed by atoms with Crippen LogP contribution in [0.15, 0.2) is 48.7 Å². The molecular formula is C22H16ClF3N4O4. The molecule has 0 radical (unpaired) electrons. The molecule has 2 aromatic carbocycles. The zero-order chi connectivity index (χ0) is 24.8. The Balaban J connectivity index is 1.65. The Labute approximate surface area is 196 Å². The van der Waals surface area contributed by atoms with E-state index in [1.54, 1.807) is 24.3 Å². The summed E-state index contributed by atoms with van der Waals surface area (Å²) >= 11 is 5.69. The molecule has 176 valence electrons. The van der Waals surface area contributed by atoms with Crippen LogP contribution in [0.4, 0.5) is 29.3 Å². The molecule has 0 aliphatic carbocycles. The summed E-state index contributed by atoms with van der Waals surface area (Å²) in [7, 11) is 0. The van der Waals surface area contributed by atoms with E-state index in [1.807, 2.05) is 0 Å². The lowest BCUT2D eigenvalue weighted by Crippen LogP contribution is -2.21. The Hall–Kier alpha value is -4.09. The van der Waals surface area contributed by atoms with Gasteiger partial charge in [-0.1, -0.05) is 11.6 Å². The van der Waals surface area contributed by atoms with Gasteiger partial charge in [0.05, 0.1) is 11.4 Å². The Morgan fingerprint density at radius 3 is 2.41 bits per heavy atom. The molecule has 3 aromatic rings. The molecule has 0 atom stereocenters. The number of rotatable bonds is 6. The van der Waals surface area contributed by atoms with Crippen LogP contribution in [0.5, 0.6) is 11.5 Å².